The first-order chi connectivity index (χ1) is 11.7. The van der Waals surface area contributed by atoms with Crippen molar-refractivity contribution >= 4 is 11.0 Å². The van der Waals surface area contributed by atoms with E-state index in [0.717, 1.165) is 42.7 Å². The molecule has 0 amide bonds. The van der Waals surface area contributed by atoms with Gasteiger partial charge in [-0.05, 0) is 53.6 Å². The van der Waals surface area contributed by atoms with Crippen LogP contribution in [0, 0.1) is 0 Å². The fourth-order valence-electron chi connectivity index (χ4n) is 3.63. The Hall–Kier alpha value is -2.24. The van der Waals surface area contributed by atoms with Crippen molar-refractivity contribution in [3.05, 3.63) is 59.2 Å². The molecule has 0 bridgehead atoms. The van der Waals surface area contributed by atoms with E-state index in [9.17, 15) is 0 Å². The van der Waals surface area contributed by atoms with Crippen LogP contribution in [0.25, 0.3) is 11.0 Å². The Morgan fingerprint density at radius 2 is 1.96 bits per heavy atom. The molecule has 1 aliphatic heterocycles. The summed E-state index contributed by atoms with van der Waals surface area (Å²) >= 11 is 0. The van der Waals surface area contributed by atoms with Gasteiger partial charge in [0.05, 0.1) is 0 Å². The van der Waals surface area contributed by atoms with Crippen molar-refractivity contribution in [3.8, 4) is 0 Å². The number of aromatic nitrogens is 2. The van der Waals surface area contributed by atoms with Gasteiger partial charge >= 0.3 is 0 Å². The molecular weight excluding hydrogens is 300 g/mol. The van der Waals surface area contributed by atoms with Crippen LogP contribution in [0.1, 0.15) is 16.7 Å². The van der Waals surface area contributed by atoms with Crippen LogP contribution in [0.2, 0.25) is 0 Å². The van der Waals surface area contributed by atoms with Crippen molar-refractivity contribution in [2.75, 3.05) is 20.6 Å². The summed E-state index contributed by atoms with van der Waals surface area (Å²) in [5.41, 5.74) is 5.79. The predicted molar refractivity (Wildman–Crippen MR) is 93.5 cm³/mol. The highest BCUT2D eigenvalue weighted by atomic mass is 16.6. The molecule has 0 saturated heterocycles. The number of fused-ring (bicyclic) bond motifs is 2. The number of hydrogen-bond acceptors (Lipinski definition) is 5. The second kappa shape index (κ2) is 6.34. The van der Waals surface area contributed by atoms with Crippen molar-refractivity contribution in [2.45, 2.75) is 25.6 Å². The summed E-state index contributed by atoms with van der Waals surface area (Å²) in [7, 11) is 4.39. The zero-order chi connectivity index (χ0) is 16.5. The smallest absolute Gasteiger partial charge is 0.139 e. The SMILES string of the molecule is CN(Cc1cccc2nonc12)CC1Cc2ccccc2CN1C. The molecule has 0 spiro atoms. The molecule has 1 aromatic heterocycles. The van der Waals surface area contributed by atoms with Gasteiger partial charge in [-0.2, -0.15) is 0 Å². The van der Waals surface area contributed by atoms with Crippen molar-refractivity contribution in [2.24, 2.45) is 0 Å². The van der Waals surface area contributed by atoms with Gasteiger partial charge in [0.25, 0.3) is 0 Å². The van der Waals surface area contributed by atoms with Crippen molar-refractivity contribution in [1.29, 1.82) is 0 Å². The molecule has 0 radical (unpaired) electrons. The van der Waals surface area contributed by atoms with Gasteiger partial charge in [-0.3, -0.25) is 4.90 Å². The summed E-state index contributed by atoms with van der Waals surface area (Å²) in [6.45, 7) is 2.89. The highest BCUT2D eigenvalue weighted by Crippen LogP contribution is 2.23. The van der Waals surface area contributed by atoms with Gasteiger partial charge in [-0.1, -0.05) is 36.4 Å². The first-order valence-corrected chi connectivity index (χ1v) is 8.36. The molecule has 1 unspecified atom stereocenters. The summed E-state index contributed by atoms with van der Waals surface area (Å²) in [6.07, 6.45) is 1.10. The van der Waals surface area contributed by atoms with E-state index in [1.165, 1.54) is 11.1 Å². The molecule has 4 rings (SSSR count). The predicted octanol–water partition coefficient (Wildman–Crippen LogP) is 2.71. The van der Waals surface area contributed by atoms with E-state index >= 15 is 0 Å². The number of likely N-dealkylation sites (N-methyl/N-ethyl adjacent to an activating group) is 2. The summed E-state index contributed by atoms with van der Waals surface area (Å²) in [6, 6.07) is 15.3. The Labute approximate surface area is 141 Å². The lowest BCUT2D eigenvalue weighted by molar-refractivity contribution is 0.159. The van der Waals surface area contributed by atoms with Gasteiger partial charge in [0.2, 0.25) is 0 Å². The molecule has 3 aromatic rings. The average molecular weight is 322 g/mol. The lowest BCUT2D eigenvalue weighted by Gasteiger charge is -2.36. The average Bonchev–Trinajstić information content (AvgIpc) is 3.05. The standard InChI is InChI=1S/C19H22N4O/c1-22(11-16-8-5-9-18-19(16)21-24-20-18)13-17-10-14-6-3-4-7-15(14)12-23(17)2/h3-9,17H,10-13H2,1-2H3. The molecule has 0 N–H and O–H groups in total. The summed E-state index contributed by atoms with van der Waals surface area (Å²) in [4.78, 5) is 4.82. The van der Waals surface area contributed by atoms with Crippen molar-refractivity contribution in [1.82, 2.24) is 20.1 Å². The quantitative estimate of drug-likeness (QED) is 0.739. The second-order valence-electron chi connectivity index (χ2n) is 6.79. The molecule has 0 saturated carbocycles. The number of rotatable bonds is 4. The first kappa shape index (κ1) is 15.3. The number of benzene rings is 2. The minimum atomic E-state index is 0.527. The van der Waals surface area contributed by atoms with Crippen molar-refractivity contribution < 1.29 is 4.63 Å². The Bertz CT molecular complexity index is 844. The van der Waals surface area contributed by atoms with E-state index in [2.05, 4.69) is 64.5 Å². The summed E-state index contributed by atoms with van der Waals surface area (Å²) in [5.74, 6) is 0. The molecule has 0 aliphatic carbocycles. The van der Waals surface area contributed by atoms with Crippen LogP contribution >= 0.6 is 0 Å². The van der Waals surface area contributed by atoms with Crippen LogP contribution < -0.4 is 0 Å². The van der Waals surface area contributed by atoms with Crippen LogP contribution in [0.4, 0.5) is 0 Å². The monoisotopic (exact) mass is 322 g/mol. The highest BCUT2D eigenvalue weighted by Gasteiger charge is 2.24. The van der Waals surface area contributed by atoms with E-state index < -0.39 is 0 Å². The van der Waals surface area contributed by atoms with E-state index in [1.54, 1.807) is 0 Å². The first-order valence-electron chi connectivity index (χ1n) is 8.36. The number of nitrogens with zero attached hydrogens (tertiary/aromatic N) is 4. The molecule has 5 nitrogen and oxygen atoms in total. The van der Waals surface area contributed by atoms with Gasteiger partial charge in [0.15, 0.2) is 0 Å². The van der Waals surface area contributed by atoms with E-state index in [0.29, 0.717) is 6.04 Å². The third kappa shape index (κ3) is 2.92. The van der Waals surface area contributed by atoms with Crippen LogP contribution in [0.15, 0.2) is 47.1 Å². The molecule has 2 aromatic carbocycles. The van der Waals surface area contributed by atoms with Gasteiger partial charge in [-0.25, -0.2) is 4.63 Å². The lowest BCUT2D eigenvalue weighted by atomic mass is 9.94. The van der Waals surface area contributed by atoms with Crippen molar-refractivity contribution in [3.63, 3.8) is 0 Å². The number of hydrogen-bond donors (Lipinski definition) is 0. The second-order valence-corrected chi connectivity index (χ2v) is 6.79. The minimum absolute atomic E-state index is 0.527. The summed E-state index contributed by atoms with van der Waals surface area (Å²) < 4.78 is 4.87. The lowest BCUT2D eigenvalue weighted by Crippen LogP contribution is -2.44. The Morgan fingerprint density at radius 1 is 1.12 bits per heavy atom. The van der Waals surface area contributed by atoms with E-state index in [-0.39, 0.29) is 0 Å². The molecule has 1 atom stereocenters. The van der Waals surface area contributed by atoms with Crippen LogP contribution in [-0.2, 0) is 19.5 Å². The van der Waals surface area contributed by atoms with E-state index in [4.69, 9.17) is 4.63 Å². The van der Waals surface area contributed by atoms with Crippen LogP contribution in [0.3, 0.4) is 0 Å². The molecular formula is C19H22N4O. The molecule has 0 fully saturated rings. The molecule has 5 heteroatoms. The van der Waals surface area contributed by atoms with Crippen LogP contribution in [-0.4, -0.2) is 46.8 Å². The molecule has 24 heavy (non-hydrogen) atoms. The third-order valence-corrected chi connectivity index (χ3v) is 4.95. The van der Waals surface area contributed by atoms with Crippen LogP contribution in [0.5, 0.6) is 0 Å². The zero-order valence-electron chi connectivity index (χ0n) is 14.1. The Morgan fingerprint density at radius 3 is 2.83 bits per heavy atom. The zero-order valence-corrected chi connectivity index (χ0v) is 14.1. The fraction of sp³-hybridized carbons (Fsp3) is 0.368. The van der Waals surface area contributed by atoms with E-state index in [1.807, 2.05) is 12.1 Å². The maximum Gasteiger partial charge on any atom is 0.139 e. The highest BCUT2D eigenvalue weighted by molar-refractivity contribution is 5.76. The minimum Gasteiger partial charge on any atom is -0.300 e. The Kier molecular flexibility index (Phi) is 4.04. The largest absolute Gasteiger partial charge is 0.300 e. The maximum atomic E-state index is 4.87. The fourth-order valence-corrected chi connectivity index (χ4v) is 3.63. The maximum absolute atomic E-state index is 4.87. The normalized spacial score (nSPS) is 18.2. The molecule has 2 heterocycles. The van der Waals surface area contributed by atoms with Gasteiger partial charge in [-0.15, -0.1) is 0 Å². The molecule has 124 valence electrons. The summed E-state index contributed by atoms with van der Waals surface area (Å²) in [5, 5.41) is 7.97. The third-order valence-electron chi connectivity index (χ3n) is 4.95. The molecule has 1 aliphatic rings. The topological polar surface area (TPSA) is 45.4 Å². The van der Waals surface area contributed by atoms with Gasteiger partial charge < -0.3 is 4.90 Å². The van der Waals surface area contributed by atoms with Gasteiger partial charge in [0.1, 0.15) is 11.0 Å². The Balaban J connectivity index is 1.46. The van der Waals surface area contributed by atoms with Gasteiger partial charge in [0, 0.05) is 25.7 Å².